The summed E-state index contributed by atoms with van der Waals surface area (Å²) in [5, 5.41) is 0. The van der Waals surface area contributed by atoms with E-state index in [4.69, 9.17) is 0 Å². The molecule has 1 amide bonds. The molecule has 0 atom stereocenters. The third kappa shape index (κ3) is 2.93. The van der Waals surface area contributed by atoms with Crippen LogP contribution in [0.3, 0.4) is 0 Å². The van der Waals surface area contributed by atoms with Crippen LogP contribution in [-0.4, -0.2) is 40.4 Å². The Morgan fingerprint density at radius 2 is 1.88 bits per heavy atom. The molecule has 0 radical (unpaired) electrons. The molecule has 0 N–H and O–H groups in total. The van der Waals surface area contributed by atoms with E-state index in [-0.39, 0.29) is 11.3 Å². The fourth-order valence-electron chi connectivity index (χ4n) is 4.32. The normalized spacial score (nSPS) is 18.7. The SMILES string of the molecule is CCC(=O)N1Cc2ccccc2C2(CCN(c3ncc(F)cn3)CC2)C1. The third-order valence-corrected chi connectivity index (χ3v) is 5.71. The maximum Gasteiger partial charge on any atom is 0.225 e. The van der Waals surface area contributed by atoms with Crippen molar-refractivity contribution in [3.05, 3.63) is 53.6 Å². The highest BCUT2D eigenvalue weighted by molar-refractivity contribution is 5.76. The van der Waals surface area contributed by atoms with Crippen molar-refractivity contribution in [1.29, 1.82) is 0 Å². The Morgan fingerprint density at radius 3 is 2.58 bits per heavy atom. The van der Waals surface area contributed by atoms with Crippen molar-refractivity contribution in [2.45, 2.75) is 38.1 Å². The maximum absolute atomic E-state index is 13.1. The van der Waals surface area contributed by atoms with Gasteiger partial charge in [-0.05, 0) is 24.0 Å². The number of rotatable bonds is 2. The van der Waals surface area contributed by atoms with Crippen LogP contribution in [0.25, 0.3) is 0 Å². The van der Waals surface area contributed by atoms with Crippen LogP contribution in [0.15, 0.2) is 36.7 Å². The summed E-state index contributed by atoms with van der Waals surface area (Å²) in [5.41, 5.74) is 2.61. The maximum atomic E-state index is 13.1. The molecule has 1 fully saturated rings. The van der Waals surface area contributed by atoms with Gasteiger partial charge in [0.15, 0.2) is 5.82 Å². The molecule has 6 heteroatoms. The number of halogens is 1. The molecule has 0 aliphatic carbocycles. The zero-order valence-corrected chi connectivity index (χ0v) is 15.0. The topological polar surface area (TPSA) is 49.3 Å². The Labute approximate surface area is 152 Å². The monoisotopic (exact) mass is 354 g/mol. The van der Waals surface area contributed by atoms with Gasteiger partial charge in [-0.25, -0.2) is 14.4 Å². The van der Waals surface area contributed by atoms with E-state index in [1.165, 1.54) is 23.5 Å². The molecule has 0 saturated carbocycles. The van der Waals surface area contributed by atoms with Gasteiger partial charge in [0.1, 0.15) is 0 Å². The van der Waals surface area contributed by atoms with Gasteiger partial charge in [-0.15, -0.1) is 0 Å². The van der Waals surface area contributed by atoms with E-state index < -0.39 is 5.82 Å². The van der Waals surface area contributed by atoms with Crippen LogP contribution in [0.5, 0.6) is 0 Å². The van der Waals surface area contributed by atoms with Crippen molar-refractivity contribution in [3.8, 4) is 0 Å². The molecule has 4 rings (SSSR count). The van der Waals surface area contributed by atoms with Gasteiger partial charge in [-0.1, -0.05) is 31.2 Å². The summed E-state index contributed by atoms with van der Waals surface area (Å²) in [6.45, 7) is 5.00. The molecule has 1 spiro atoms. The molecular weight excluding hydrogens is 331 g/mol. The molecule has 1 aromatic heterocycles. The van der Waals surface area contributed by atoms with E-state index in [0.29, 0.717) is 18.9 Å². The van der Waals surface area contributed by atoms with E-state index in [0.717, 1.165) is 32.5 Å². The number of nitrogens with zero attached hydrogens (tertiary/aromatic N) is 4. The van der Waals surface area contributed by atoms with Crippen LogP contribution in [0, 0.1) is 5.82 Å². The first-order valence-corrected chi connectivity index (χ1v) is 9.20. The van der Waals surface area contributed by atoms with Crippen molar-refractivity contribution in [1.82, 2.24) is 14.9 Å². The fourth-order valence-corrected chi connectivity index (χ4v) is 4.32. The average Bonchev–Trinajstić information content (AvgIpc) is 2.69. The number of fused-ring (bicyclic) bond motifs is 2. The molecule has 2 aliphatic heterocycles. The van der Waals surface area contributed by atoms with Gasteiger partial charge in [0.05, 0.1) is 12.4 Å². The molecular formula is C20H23FN4O. The zero-order chi connectivity index (χ0) is 18.1. The lowest BCUT2D eigenvalue weighted by Gasteiger charge is -2.48. The average molecular weight is 354 g/mol. The fraction of sp³-hybridized carbons (Fsp3) is 0.450. The van der Waals surface area contributed by atoms with Gasteiger partial charge in [-0.2, -0.15) is 0 Å². The lowest BCUT2D eigenvalue weighted by molar-refractivity contribution is -0.133. The number of carbonyl (C=O) groups is 1. The minimum Gasteiger partial charge on any atom is -0.341 e. The van der Waals surface area contributed by atoms with E-state index >= 15 is 0 Å². The number of anilines is 1. The second-order valence-electron chi connectivity index (χ2n) is 7.23. The number of carbonyl (C=O) groups excluding carboxylic acids is 1. The summed E-state index contributed by atoms with van der Waals surface area (Å²) in [4.78, 5) is 24.7. The molecule has 0 bridgehead atoms. The molecule has 2 aromatic rings. The lowest BCUT2D eigenvalue weighted by Crippen LogP contribution is -2.53. The van der Waals surface area contributed by atoms with Crippen molar-refractivity contribution in [3.63, 3.8) is 0 Å². The smallest absolute Gasteiger partial charge is 0.225 e. The highest BCUT2D eigenvalue weighted by Gasteiger charge is 2.43. The second kappa shape index (κ2) is 6.67. The van der Waals surface area contributed by atoms with Gasteiger partial charge >= 0.3 is 0 Å². The van der Waals surface area contributed by atoms with Crippen LogP contribution in [0.4, 0.5) is 10.3 Å². The molecule has 1 aromatic carbocycles. The zero-order valence-electron chi connectivity index (χ0n) is 15.0. The highest BCUT2D eigenvalue weighted by Crippen LogP contribution is 2.42. The summed E-state index contributed by atoms with van der Waals surface area (Å²) < 4.78 is 13.1. The Kier molecular flexibility index (Phi) is 4.34. The Bertz CT molecular complexity index is 800. The number of aromatic nitrogens is 2. The van der Waals surface area contributed by atoms with Gasteiger partial charge in [-0.3, -0.25) is 4.79 Å². The van der Waals surface area contributed by atoms with Crippen molar-refractivity contribution >= 4 is 11.9 Å². The minimum absolute atomic E-state index is 0.0177. The summed E-state index contributed by atoms with van der Waals surface area (Å²) >= 11 is 0. The second-order valence-corrected chi connectivity index (χ2v) is 7.23. The van der Waals surface area contributed by atoms with Crippen molar-refractivity contribution in [2.75, 3.05) is 24.5 Å². The Morgan fingerprint density at radius 1 is 1.19 bits per heavy atom. The van der Waals surface area contributed by atoms with Crippen LogP contribution in [-0.2, 0) is 16.8 Å². The lowest BCUT2D eigenvalue weighted by atomic mass is 9.69. The molecule has 3 heterocycles. The predicted octanol–water partition coefficient (Wildman–Crippen LogP) is 2.91. The van der Waals surface area contributed by atoms with Crippen LogP contribution in [0.2, 0.25) is 0 Å². The van der Waals surface area contributed by atoms with Gasteiger partial charge in [0, 0.05) is 38.0 Å². The first kappa shape index (κ1) is 16.9. The third-order valence-electron chi connectivity index (χ3n) is 5.71. The molecule has 136 valence electrons. The number of amides is 1. The van der Waals surface area contributed by atoms with Gasteiger partial charge in [0.25, 0.3) is 0 Å². The Hall–Kier alpha value is -2.50. The summed E-state index contributed by atoms with van der Waals surface area (Å²) in [6, 6.07) is 8.50. The molecule has 26 heavy (non-hydrogen) atoms. The van der Waals surface area contributed by atoms with Crippen LogP contribution >= 0.6 is 0 Å². The molecule has 2 aliphatic rings. The quantitative estimate of drug-likeness (QED) is 0.832. The van der Waals surface area contributed by atoms with E-state index in [2.05, 4.69) is 33.1 Å². The summed E-state index contributed by atoms with van der Waals surface area (Å²) in [7, 11) is 0. The van der Waals surface area contributed by atoms with Crippen LogP contribution < -0.4 is 4.90 Å². The number of piperidine rings is 1. The number of hydrogen-bond acceptors (Lipinski definition) is 4. The van der Waals surface area contributed by atoms with E-state index in [9.17, 15) is 9.18 Å². The molecule has 0 unspecified atom stereocenters. The largest absolute Gasteiger partial charge is 0.341 e. The predicted molar refractivity (Wildman–Crippen MR) is 97.3 cm³/mol. The summed E-state index contributed by atoms with van der Waals surface area (Å²) in [5.74, 6) is 0.368. The molecule has 1 saturated heterocycles. The van der Waals surface area contributed by atoms with Crippen LogP contribution in [0.1, 0.15) is 37.3 Å². The Balaban J connectivity index is 1.59. The number of hydrogen-bond donors (Lipinski definition) is 0. The highest BCUT2D eigenvalue weighted by atomic mass is 19.1. The first-order valence-electron chi connectivity index (χ1n) is 9.20. The van der Waals surface area contributed by atoms with Gasteiger partial charge in [0.2, 0.25) is 11.9 Å². The summed E-state index contributed by atoms with van der Waals surface area (Å²) in [6.07, 6.45) is 4.82. The first-order chi connectivity index (χ1) is 12.6. The van der Waals surface area contributed by atoms with Crippen molar-refractivity contribution in [2.24, 2.45) is 0 Å². The number of benzene rings is 1. The minimum atomic E-state index is -0.419. The van der Waals surface area contributed by atoms with E-state index in [1.807, 2.05) is 17.9 Å². The van der Waals surface area contributed by atoms with Crippen molar-refractivity contribution < 1.29 is 9.18 Å². The van der Waals surface area contributed by atoms with Gasteiger partial charge < -0.3 is 9.80 Å². The molecule has 5 nitrogen and oxygen atoms in total. The standard InChI is InChI=1S/C20H23FN4O/c1-2-18(26)25-13-15-5-3-4-6-17(15)20(14-25)7-9-24(10-8-20)19-22-11-16(21)12-23-19/h3-6,11-12H,2,7-10,13-14H2,1H3. The van der Waals surface area contributed by atoms with E-state index in [1.54, 1.807) is 0 Å².